The molecule has 1 aromatic carbocycles. The smallest absolute Gasteiger partial charge is 0.125 e. The summed E-state index contributed by atoms with van der Waals surface area (Å²) in [6, 6.07) is 5.82. The maximum Gasteiger partial charge on any atom is 0.125 e. The van der Waals surface area contributed by atoms with Crippen LogP contribution in [0.3, 0.4) is 0 Å². The molecule has 1 aromatic heterocycles. The van der Waals surface area contributed by atoms with Crippen LogP contribution in [0.15, 0.2) is 22.6 Å². The molecule has 2 aromatic rings. The van der Waals surface area contributed by atoms with Crippen molar-refractivity contribution in [2.24, 2.45) is 5.73 Å². The highest BCUT2D eigenvalue weighted by molar-refractivity contribution is 6.30. The number of benzene rings is 1. The van der Waals surface area contributed by atoms with E-state index in [0.717, 1.165) is 46.4 Å². The highest BCUT2D eigenvalue weighted by Crippen LogP contribution is 2.35. The number of hydrogen-bond donors (Lipinski definition) is 1. The van der Waals surface area contributed by atoms with Gasteiger partial charge in [-0.1, -0.05) is 11.6 Å². The first-order chi connectivity index (χ1) is 9.54. The van der Waals surface area contributed by atoms with E-state index < -0.39 is 0 Å². The lowest BCUT2D eigenvalue weighted by molar-refractivity contribution is 0.352. The van der Waals surface area contributed by atoms with Crippen LogP contribution in [0, 0.1) is 13.8 Å². The molecule has 106 valence electrons. The molecule has 0 amide bonds. The maximum absolute atomic E-state index is 6.33. The van der Waals surface area contributed by atoms with Crippen molar-refractivity contribution in [2.45, 2.75) is 32.7 Å². The number of rotatable bonds is 3. The molecule has 1 aliphatic heterocycles. The number of fused-ring (bicyclic) bond motifs is 1. The van der Waals surface area contributed by atoms with Crippen LogP contribution in [0.4, 0.5) is 0 Å². The Bertz CT molecular complexity index is 648. The molecule has 0 saturated heterocycles. The third-order valence-corrected chi connectivity index (χ3v) is 3.96. The molecule has 2 heterocycles. The second-order valence-electron chi connectivity index (χ2n) is 5.33. The van der Waals surface area contributed by atoms with Gasteiger partial charge in [-0.3, -0.25) is 0 Å². The predicted molar refractivity (Wildman–Crippen MR) is 79.5 cm³/mol. The fourth-order valence-electron chi connectivity index (χ4n) is 2.86. The lowest BCUT2D eigenvalue weighted by Gasteiger charge is -2.14. The van der Waals surface area contributed by atoms with Crippen LogP contribution in [0.5, 0.6) is 5.75 Å². The first-order valence-corrected chi connectivity index (χ1v) is 7.19. The van der Waals surface area contributed by atoms with Crippen LogP contribution in [-0.2, 0) is 12.8 Å². The molecule has 1 atom stereocenters. The van der Waals surface area contributed by atoms with Crippen LogP contribution >= 0.6 is 11.6 Å². The van der Waals surface area contributed by atoms with Crippen molar-refractivity contribution < 1.29 is 9.15 Å². The molecule has 3 nitrogen and oxygen atoms in total. The summed E-state index contributed by atoms with van der Waals surface area (Å²) in [7, 11) is 0. The van der Waals surface area contributed by atoms with Gasteiger partial charge in [-0.05, 0) is 49.6 Å². The second-order valence-corrected chi connectivity index (χ2v) is 5.77. The van der Waals surface area contributed by atoms with Crippen molar-refractivity contribution >= 4 is 11.6 Å². The lowest BCUT2D eigenvalue weighted by atomic mass is 9.97. The quantitative estimate of drug-likeness (QED) is 0.937. The Morgan fingerprint density at radius 3 is 2.80 bits per heavy atom. The van der Waals surface area contributed by atoms with E-state index in [1.807, 2.05) is 32.0 Å². The first-order valence-electron chi connectivity index (χ1n) is 6.81. The van der Waals surface area contributed by atoms with E-state index >= 15 is 0 Å². The average molecular weight is 292 g/mol. The average Bonchev–Trinajstić information content (AvgIpc) is 2.95. The minimum absolute atomic E-state index is 0.112. The van der Waals surface area contributed by atoms with E-state index in [-0.39, 0.29) is 6.04 Å². The van der Waals surface area contributed by atoms with Gasteiger partial charge in [0.1, 0.15) is 17.3 Å². The van der Waals surface area contributed by atoms with Gasteiger partial charge in [0.25, 0.3) is 0 Å². The summed E-state index contributed by atoms with van der Waals surface area (Å²) in [5.74, 6) is 2.73. The zero-order chi connectivity index (χ0) is 14.3. The molecular weight excluding hydrogens is 274 g/mol. The summed E-state index contributed by atoms with van der Waals surface area (Å²) in [6.45, 7) is 4.60. The Kier molecular flexibility index (Phi) is 3.48. The topological polar surface area (TPSA) is 48.4 Å². The van der Waals surface area contributed by atoms with Gasteiger partial charge < -0.3 is 14.9 Å². The van der Waals surface area contributed by atoms with Crippen LogP contribution < -0.4 is 10.5 Å². The largest absolute Gasteiger partial charge is 0.493 e. The standard InChI is InChI=1S/C16H18ClNO2/c1-9-5-14(10(2)20-9)15(18)8-12-7-13(17)6-11-3-4-19-16(11)12/h5-7,15H,3-4,8,18H2,1-2H3. The Hall–Kier alpha value is -1.45. The third-order valence-electron chi connectivity index (χ3n) is 3.74. The molecule has 0 bridgehead atoms. The molecule has 20 heavy (non-hydrogen) atoms. The molecule has 3 rings (SSSR count). The number of aryl methyl sites for hydroxylation is 2. The van der Waals surface area contributed by atoms with E-state index in [1.54, 1.807) is 0 Å². The van der Waals surface area contributed by atoms with Gasteiger partial charge in [0.15, 0.2) is 0 Å². The van der Waals surface area contributed by atoms with Gasteiger partial charge in [0.05, 0.1) is 6.61 Å². The van der Waals surface area contributed by atoms with Crippen LogP contribution in [0.2, 0.25) is 5.02 Å². The van der Waals surface area contributed by atoms with Gasteiger partial charge in [-0.2, -0.15) is 0 Å². The highest BCUT2D eigenvalue weighted by atomic mass is 35.5. The van der Waals surface area contributed by atoms with Gasteiger partial charge in [0.2, 0.25) is 0 Å². The zero-order valence-corrected chi connectivity index (χ0v) is 12.5. The van der Waals surface area contributed by atoms with Gasteiger partial charge in [-0.15, -0.1) is 0 Å². The molecule has 2 N–H and O–H groups in total. The van der Waals surface area contributed by atoms with E-state index in [2.05, 4.69) is 0 Å². The molecule has 0 radical (unpaired) electrons. The summed E-state index contributed by atoms with van der Waals surface area (Å²) in [6.07, 6.45) is 1.62. The fourth-order valence-corrected chi connectivity index (χ4v) is 3.13. The van der Waals surface area contributed by atoms with E-state index in [9.17, 15) is 0 Å². The molecule has 0 spiro atoms. The molecule has 1 aliphatic rings. The number of hydrogen-bond acceptors (Lipinski definition) is 3. The van der Waals surface area contributed by atoms with Crippen molar-refractivity contribution in [3.8, 4) is 5.75 Å². The fraction of sp³-hybridized carbons (Fsp3) is 0.375. The third kappa shape index (κ3) is 2.43. The maximum atomic E-state index is 6.33. The SMILES string of the molecule is Cc1cc(C(N)Cc2cc(Cl)cc3c2OCC3)c(C)o1. The predicted octanol–water partition coefficient (Wildman–Crippen LogP) is 3.73. The first kappa shape index (κ1) is 13.5. The van der Waals surface area contributed by atoms with Gasteiger partial charge >= 0.3 is 0 Å². The molecule has 0 aliphatic carbocycles. The Morgan fingerprint density at radius 1 is 1.30 bits per heavy atom. The number of ether oxygens (including phenoxy) is 1. The second kappa shape index (κ2) is 5.15. The van der Waals surface area contributed by atoms with Crippen molar-refractivity contribution in [3.63, 3.8) is 0 Å². The van der Waals surface area contributed by atoms with E-state index in [0.29, 0.717) is 6.42 Å². The molecule has 1 unspecified atom stereocenters. The summed E-state index contributed by atoms with van der Waals surface area (Å²) in [4.78, 5) is 0. The van der Waals surface area contributed by atoms with E-state index in [4.69, 9.17) is 26.5 Å². The summed E-state index contributed by atoms with van der Waals surface area (Å²) >= 11 is 6.18. The minimum Gasteiger partial charge on any atom is -0.493 e. The number of furan rings is 1. The minimum atomic E-state index is -0.112. The van der Waals surface area contributed by atoms with E-state index in [1.165, 1.54) is 5.56 Å². The van der Waals surface area contributed by atoms with Crippen molar-refractivity contribution in [1.82, 2.24) is 0 Å². The monoisotopic (exact) mass is 291 g/mol. The summed E-state index contributed by atoms with van der Waals surface area (Å²) in [5, 5.41) is 0.747. The summed E-state index contributed by atoms with van der Waals surface area (Å²) in [5.41, 5.74) is 9.64. The van der Waals surface area contributed by atoms with Gasteiger partial charge in [-0.25, -0.2) is 0 Å². The molecule has 0 fully saturated rings. The Labute approximate surface area is 123 Å². The van der Waals surface area contributed by atoms with Crippen molar-refractivity contribution in [3.05, 3.63) is 51.4 Å². The molecule has 0 saturated carbocycles. The van der Waals surface area contributed by atoms with Crippen molar-refractivity contribution in [2.75, 3.05) is 6.61 Å². The van der Waals surface area contributed by atoms with Gasteiger partial charge in [0, 0.05) is 23.0 Å². The lowest BCUT2D eigenvalue weighted by Crippen LogP contribution is -2.14. The molecule has 4 heteroatoms. The normalized spacial score (nSPS) is 15.0. The zero-order valence-electron chi connectivity index (χ0n) is 11.7. The molecular formula is C16H18ClNO2. The van der Waals surface area contributed by atoms with Crippen LogP contribution in [0.25, 0.3) is 0 Å². The number of halogens is 1. The van der Waals surface area contributed by atoms with Crippen LogP contribution in [0.1, 0.15) is 34.3 Å². The number of nitrogens with two attached hydrogens (primary N) is 1. The highest BCUT2D eigenvalue weighted by Gasteiger charge is 2.21. The van der Waals surface area contributed by atoms with Crippen molar-refractivity contribution in [1.29, 1.82) is 0 Å². The summed E-state index contributed by atoms with van der Waals surface area (Å²) < 4.78 is 11.3. The Balaban J connectivity index is 1.90. The Morgan fingerprint density at radius 2 is 2.10 bits per heavy atom. The van der Waals surface area contributed by atoms with Crippen LogP contribution in [-0.4, -0.2) is 6.61 Å².